The lowest BCUT2D eigenvalue weighted by molar-refractivity contribution is -0.138. The van der Waals surface area contributed by atoms with Gasteiger partial charge in [0.1, 0.15) is 5.75 Å². The van der Waals surface area contributed by atoms with Gasteiger partial charge < -0.3 is 18.9 Å². The van der Waals surface area contributed by atoms with E-state index in [1.165, 1.54) is 15.9 Å². The first kappa shape index (κ1) is 26.9. The van der Waals surface area contributed by atoms with Gasteiger partial charge in [0.25, 0.3) is 5.56 Å². The number of esters is 1. The normalized spacial score (nSPS) is 15.9. The maximum absolute atomic E-state index is 14.1. The number of hydrogen-bond donors (Lipinski definition) is 0. The Hall–Kier alpha value is -4.34. The summed E-state index contributed by atoms with van der Waals surface area (Å²) in [5.74, 6) is 1.18. The molecule has 0 radical (unpaired) electrons. The number of carbonyl (C=O) groups excluding carboxylic acids is 1. The van der Waals surface area contributed by atoms with Gasteiger partial charge in [-0.2, -0.15) is 0 Å². The molecule has 41 heavy (non-hydrogen) atoms. The predicted molar refractivity (Wildman–Crippen MR) is 156 cm³/mol. The first-order valence-electron chi connectivity index (χ1n) is 13.1. The summed E-state index contributed by atoms with van der Waals surface area (Å²) in [5.41, 5.74) is 2.44. The van der Waals surface area contributed by atoms with Gasteiger partial charge in [0.15, 0.2) is 16.3 Å². The van der Waals surface area contributed by atoms with Crippen molar-refractivity contribution in [1.29, 1.82) is 0 Å². The zero-order chi connectivity index (χ0) is 28.5. The van der Waals surface area contributed by atoms with E-state index >= 15 is 0 Å². The molecule has 4 aromatic rings. The van der Waals surface area contributed by atoms with Gasteiger partial charge in [0, 0.05) is 16.1 Å². The van der Waals surface area contributed by atoms with E-state index in [9.17, 15) is 9.59 Å². The molecule has 0 amide bonds. The Morgan fingerprint density at radius 1 is 1.07 bits per heavy atom. The highest BCUT2D eigenvalue weighted by atomic mass is 35.5. The van der Waals surface area contributed by atoms with E-state index < -0.39 is 12.0 Å². The van der Waals surface area contributed by atoms with Crippen LogP contribution in [0, 0.1) is 0 Å². The van der Waals surface area contributed by atoms with Crippen LogP contribution in [0.5, 0.6) is 17.2 Å². The highest BCUT2D eigenvalue weighted by Gasteiger charge is 2.36. The summed E-state index contributed by atoms with van der Waals surface area (Å²) in [6.45, 7) is 4.35. The van der Waals surface area contributed by atoms with Crippen LogP contribution < -0.4 is 29.1 Å². The molecular formula is C31H25ClN2O6S. The van der Waals surface area contributed by atoms with Gasteiger partial charge >= 0.3 is 5.97 Å². The molecule has 2 aliphatic heterocycles. The van der Waals surface area contributed by atoms with Gasteiger partial charge in [0.2, 0.25) is 6.79 Å². The minimum atomic E-state index is -0.831. The minimum Gasteiger partial charge on any atom is -0.493 e. The molecule has 1 aromatic heterocycles. The second-order valence-electron chi connectivity index (χ2n) is 9.16. The molecule has 6 rings (SSSR count). The fourth-order valence-electron chi connectivity index (χ4n) is 4.90. The summed E-state index contributed by atoms with van der Waals surface area (Å²) >= 11 is 7.52. The third kappa shape index (κ3) is 5.03. The fraction of sp³-hybridized carbons (Fsp3) is 0.194. The average Bonchev–Trinajstić information content (AvgIpc) is 3.57. The Morgan fingerprint density at radius 2 is 1.88 bits per heavy atom. The number of benzene rings is 3. The molecule has 0 fully saturated rings. The first-order chi connectivity index (χ1) is 20.0. The quantitative estimate of drug-likeness (QED) is 0.290. The number of rotatable bonds is 7. The monoisotopic (exact) mass is 588 g/mol. The maximum Gasteiger partial charge on any atom is 0.338 e. The molecule has 0 bridgehead atoms. The highest BCUT2D eigenvalue weighted by molar-refractivity contribution is 7.07. The SMILES string of the molecule is CCOC(=O)C1=C(c2ccccc2)N=c2s/c(=C\c3cc(Cl)ccc3OCC)c(=O)n2[C@@H]1c1ccc2c(c1)OCO2. The number of hydrogen-bond acceptors (Lipinski definition) is 8. The second kappa shape index (κ2) is 11.3. The molecular weight excluding hydrogens is 564 g/mol. The molecule has 0 spiro atoms. The van der Waals surface area contributed by atoms with Crippen LogP contribution in [0.2, 0.25) is 5.02 Å². The van der Waals surface area contributed by atoms with Crippen molar-refractivity contribution in [2.24, 2.45) is 4.99 Å². The molecule has 3 aromatic carbocycles. The van der Waals surface area contributed by atoms with Crippen LogP contribution >= 0.6 is 22.9 Å². The lowest BCUT2D eigenvalue weighted by Crippen LogP contribution is -2.40. The Morgan fingerprint density at radius 3 is 2.66 bits per heavy atom. The number of aromatic nitrogens is 1. The van der Waals surface area contributed by atoms with Gasteiger partial charge in [0.05, 0.1) is 35.1 Å². The van der Waals surface area contributed by atoms with E-state index in [0.717, 1.165) is 5.56 Å². The summed E-state index contributed by atoms with van der Waals surface area (Å²) in [5, 5.41) is 0.515. The standard InChI is InChI=1S/C31H25ClN2O6S/c1-3-37-22-13-11-21(32)14-20(22)16-25-29(35)34-28(19-10-12-23-24(15-19)40-17-39-23)26(30(36)38-4-2)27(33-31(34)41-25)18-8-6-5-7-9-18/h5-16,28H,3-4,17H2,1-2H3/b25-16-/t28-/m1/s1. The topological polar surface area (TPSA) is 88.4 Å². The lowest BCUT2D eigenvalue weighted by atomic mass is 9.93. The third-order valence-electron chi connectivity index (χ3n) is 6.64. The summed E-state index contributed by atoms with van der Waals surface area (Å²) in [7, 11) is 0. The van der Waals surface area contributed by atoms with E-state index in [2.05, 4.69) is 0 Å². The molecule has 3 heterocycles. The summed E-state index contributed by atoms with van der Waals surface area (Å²) < 4.78 is 24.4. The molecule has 10 heteroatoms. The van der Waals surface area contributed by atoms with Crippen LogP contribution in [0.15, 0.2) is 82.1 Å². The number of fused-ring (bicyclic) bond motifs is 2. The molecule has 8 nitrogen and oxygen atoms in total. The number of carbonyl (C=O) groups is 1. The van der Waals surface area contributed by atoms with Crippen LogP contribution in [0.3, 0.4) is 0 Å². The Balaban J connectivity index is 1.64. The third-order valence-corrected chi connectivity index (χ3v) is 7.86. The fourth-order valence-corrected chi connectivity index (χ4v) is 6.07. The van der Waals surface area contributed by atoms with Crippen LogP contribution in [0.25, 0.3) is 11.8 Å². The van der Waals surface area contributed by atoms with Crippen molar-refractivity contribution >= 4 is 40.7 Å². The zero-order valence-corrected chi connectivity index (χ0v) is 23.8. The molecule has 0 saturated carbocycles. The molecule has 0 aliphatic carbocycles. The molecule has 1 atom stereocenters. The van der Waals surface area contributed by atoms with Gasteiger partial charge in [-0.3, -0.25) is 9.36 Å². The van der Waals surface area contributed by atoms with Gasteiger partial charge in [-0.1, -0.05) is 59.3 Å². The van der Waals surface area contributed by atoms with Gasteiger partial charge in [-0.15, -0.1) is 0 Å². The van der Waals surface area contributed by atoms with E-state index in [0.29, 0.717) is 55.0 Å². The Kier molecular flexibility index (Phi) is 7.38. The summed E-state index contributed by atoms with van der Waals surface area (Å²) in [6.07, 6.45) is 1.74. The average molecular weight is 589 g/mol. The Bertz CT molecular complexity index is 1860. The van der Waals surface area contributed by atoms with E-state index in [1.807, 2.05) is 43.3 Å². The summed E-state index contributed by atoms with van der Waals surface area (Å²) in [6, 6.07) is 19.2. The van der Waals surface area contributed by atoms with Crippen LogP contribution in [0.4, 0.5) is 0 Å². The van der Waals surface area contributed by atoms with Crippen molar-refractivity contribution in [1.82, 2.24) is 4.57 Å². The van der Waals surface area contributed by atoms with Crippen molar-refractivity contribution in [3.8, 4) is 17.2 Å². The number of nitrogens with zero attached hydrogens (tertiary/aromatic N) is 2. The molecule has 0 unspecified atom stereocenters. The second-order valence-corrected chi connectivity index (χ2v) is 10.6. The van der Waals surface area contributed by atoms with Crippen molar-refractivity contribution in [3.05, 3.63) is 114 Å². The van der Waals surface area contributed by atoms with E-state index in [1.54, 1.807) is 43.3 Å². The predicted octanol–water partition coefficient (Wildman–Crippen LogP) is 4.72. The molecule has 0 N–H and O–H groups in total. The van der Waals surface area contributed by atoms with Crippen LogP contribution in [-0.2, 0) is 9.53 Å². The lowest BCUT2D eigenvalue weighted by Gasteiger charge is -2.26. The van der Waals surface area contributed by atoms with Crippen LogP contribution in [0.1, 0.15) is 36.6 Å². The molecule has 208 valence electrons. The van der Waals surface area contributed by atoms with Gasteiger partial charge in [-0.25, -0.2) is 9.79 Å². The van der Waals surface area contributed by atoms with Crippen molar-refractivity contribution in [2.45, 2.75) is 19.9 Å². The van der Waals surface area contributed by atoms with Crippen LogP contribution in [-0.4, -0.2) is 30.5 Å². The largest absolute Gasteiger partial charge is 0.493 e. The number of halogens is 1. The van der Waals surface area contributed by atoms with Crippen molar-refractivity contribution in [3.63, 3.8) is 0 Å². The van der Waals surface area contributed by atoms with E-state index in [-0.39, 0.29) is 24.5 Å². The van der Waals surface area contributed by atoms with Crippen molar-refractivity contribution in [2.75, 3.05) is 20.0 Å². The smallest absolute Gasteiger partial charge is 0.338 e. The van der Waals surface area contributed by atoms with Gasteiger partial charge in [-0.05, 0) is 55.8 Å². The zero-order valence-electron chi connectivity index (χ0n) is 22.3. The number of ether oxygens (including phenoxy) is 4. The minimum absolute atomic E-state index is 0.0964. The highest BCUT2D eigenvalue weighted by Crippen LogP contribution is 2.40. The first-order valence-corrected chi connectivity index (χ1v) is 14.3. The molecule has 0 saturated heterocycles. The van der Waals surface area contributed by atoms with E-state index in [4.69, 9.17) is 35.5 Å². The summed E-state index contributed by atoms with van der Waals surface area (Å²) in [4.78, 5) is 33.1. The number of thiazole rings is 1. The van der Waals surface area contributed by atoms with Crippen molar-refractivity contribution < 1.29 is 23.7 Å². The Labute approximate surface area is 244 Å². The maximum atomic E-state index is 14.1. The molecule has 2 aliphatic rings.